The van der Waals surface area contributed by atoms with Crippen LogP contribution in [0.4, 0.5) is 4.79 Å². The van der Waals surface area contributed by atoms with Gasteiger partial charge in [0.2, 0.25) is 0 Å². The van der Waals surface area contributed by atoms with Gasteiger partial charge in [0.05, 0.1) is 11.9 Å². The van der Waals surface area contributed by atoms with E-state index in [-0.39, 0.29) is 17.6 Å². The van der Waals surface area contributed by atoms with E-state index in [1.54, 1.807) is 11.3 Å². The van der Waals surface area contributed by atoms with E-state index in [1.807, 2.05) is 27.8 Å². The molecule has 178 valence electrons. The minimum absolute atomic E-state index is 0.0327. The van der Waals surface area contributed by atoms with E-state index >= 15 is 0 Å². The van der Waals surface area contributed by atoms with Crippen LogP contribution < -0.4 is 10.9 Å². The first-order valence-electron chi connectivity index (χ1n) is 11.9. The molecule has 3 aromatic heterocycles. The van der Waals surface area contributed by atoms with Gasteiger partial charge in [0.1, 0.15) is 10.7 Å². The Labute approximate surface area is 202 Å². The molecule has 0 aliphatic carbocycles. The Morgan fingerprint density at radius 1 is 1.21 bits per heavy atom. The smallest absolute Gasteiger partial charge is 0.317 e. The largest absolute Gasteiger partial charge is 0.336 e. The van der Waals surface area contributed by atoms with E-state index in [1.165, 1.54) is 30.6 Å². The van der Waals surface area contributed by atoms with Gasteiger partial charge in [-0.15, -0.1) is 22.7 Å². The predicted octanol–water partition coefficient (Wildman–Crippen LogP) is 4.90. The van der Waals surface area contributed by atoms with Crippen LogP contribution in [0.2, 0.25) is 0 Å². The third-order valence-electron chi connectivity index (χ3n) is 6.17. The number of aromatic amines is 1. The number of rotatable bonds is 9. The normalized spacial score (nSPS) is 15.8. The SMILES string of the molecule is CCCCCC[C@@H](C)NC(=O)N1CCN(Cc2nc3scc(-c4cccs4)c3c(=O)[nH]2)CC1. The van der Waals surface area contributed by atoms with Crippen molar-refractivity contribution in [2.24, 2.45) is 0 Å². The second-order valence-corrected chi connectivity index (χ2v) is 10.6. The number of hydrogen-bond acceptors (Lipinski definition) is 6. The summed E-state index contributed by atoms with van der Waals surface area (Å²) in [6.45, 7) is 7.79. The molecule has 4 rings (SSSR count). The number of carbonyl (C=O) groups excluding carboxylic acids is 1. The fraction of sp³-hybridized carbons (Fsp3) is 0.542. The number of piperazine rings is 1. The third kappa shape index (κ3) is 6.02. The lowest BCUT2D eigenvalue weighted by Gasteiger charge is -2.35. The summed E-state index contributed by atoms with van der Waals surface area (Å²) in [7, 11) is 0. The molecule has 9 heteroatoms. The molecule has 0 unspecified atom stereocenters. The maximum Gasteiger partial charge on any atom is 0.317 e. The maximum absolute atomic E-state index is 12.8. The fourth-order valence-electron chi connectivity index (χ4n) is 4.25. The molecule has 1 saturated heterocycles. The molecule has 0 bridgehead atoms. The van der Waals surface area contributed by atoms with Crippen molar-refractivity contribution in [2.45, 2.75) is 58.5 Å². The molecular formula is C24H33N5O2S2. The van der Waals surface area contributed by atoms with Crippen LogP contribution in [0, 0.1) is 0 Å². The Morgan fingerprint density at radius 2 is 2.03 bits per heavy atom. The Hall–Kier alpha value is -2.23. The number of hydrogen-bond donors (Lipinski definition) is 2. The first-order chi connectivity index (χ1) is 16.0. The summed E-state index contributed by atoms with van der Waals surface area (Å²) in [5.41, 5.74) is 0.884. The number of carbonyl (C=O) groups is 1. The van der Waals surface area contributed by atoms with Gasteiger partial charge in [-0.2, -0.15) is 0 Å². The van der Waals surface area contributed by atoms with E-state index < -0.39 is 0 Å². The summed E-state index contributed by atoms with van der Waals surface area (Å²) in [4.78, 5) is 39.1. The molecule has 2 amide bonds. The van der Waals surface area contributed by atoms with Gasteiger partial charge in [0.25, 0.3) is 5.56 Å². The maximum atomic E-state index is 12.8. The van der Waals surface area contributed by atoms with Crippen LogP contribution in [0.15, 0.2) is 27.7 Å². The van der Waals surface area contributed by atoms with Crippen molar-refractivity contribution in [3.8, 4) is 10.4 Å². The van der Waals surface area contributed by atoms with Gasteiger partial charge in [0, 0.05) is 48.0 Å². The average Bonchev–Trinajstić information content (AvgIpc) is 3.47. The van der Waals surface area contributed by atoms with Crippen LogP contribution in [-0.4, -0.2) is 58.0 Å². The van der Waals surface area contributed by atoms with Crippen LogP contribution >= 0.6 is 22.7 Å². The number of nitrogens with zero attached hydrogens (tertiary/aromatic N) is 3. The first kappa shape index (κ1) is 23.9. The summed E-state index contributed by atoms with van der Waals surface area (Å²) in [5, 5.41) is 7.86. The zero-order chi connectivity index (χ0) is 23.2. The molecule has 3 aromatic rings. The van der Waals surface area contributed by atoms with Crippen molar-refractivity contribution >= 4 is 38.9 Å². The van der Waals surface area contributed by atoms with Crippen LogP contribution in [-0.2, 0) is 6.54 Å². The molecule has 2 N–H and O–H groups in total. The molecular weight excluding hydrogens is 454 g/mol. The number of fused-ring (bicyclic) bond motifs is 1. The number of aromatic nitrogens is 2. The zero-order valence-electron chi connectivity index (χ0n) is 19.4. The highest BCUT2D eigenvalue weighted by Gasteiger charge is 2.23. The number of thiophene rings is 2. The lowest BCUT2D eigenvalue weighted by atomic mass is 10.1. The van der Waals surface area contributed by atoms with Crippen LogP contribution in [0.5, 0.6) is 0 Å². The molecule has 4 heterocycles. The second-order valence-electron chi connectivity index (χ2n) is 8.78. The Morgan fingerprint density at radius 3 is 2.76 bits per heavy atom. The van der Waals surface area contributed by atoms with E-state index in [4.69, 9.17) is 4.98 Å². The summed E-state index contributed by atoms with van der Waals surface area (Å²) < 4.78 is 0. The Kier molecular flexibility index (Phi) is 8.16. The molecule has 1 aliphatic rings. The lowest BCUT2D eigenvalue weighted by molar-refractivity contribution is 0.131. The number of unbranched alkanes of at least 4 members (excludes halogenated alkanes) is 3. The Bertz CT molecular complexity index is 1100. The van der Waals surface area contributed by atoms with Gasteiger partial charge in [-0.3, -0.25) is 9.69 Å². The van der Waals surface area contributed by atoms with E-state index in [0.717, 1.165) is 41.2 Å². The van der Waals surface area contributed by atoms with Crippen LogP contribution in [0.25, 0.3) is 20.7 Å². The first-order valence-corrected chi connectivity index (χ1v) is 13.6. The average molecular weight is 488 g/mol. The Balaban J connectivity index is 1.29. The number of amides is 2. The molecule has 0 saturated carbocycles. The molecule has 0 spiro atoms. The van der Waals surface area contributed by atoms with Crippen molar-refractivity contribution in [3.05, 3.63) is 39.1 Å². The zero-order valence-corrected chi connectivity index (χ0v) is 21.1. The van der Waals surface area contributed by atoms with Crippen molar-refractivity contribution < 1.29 is 4.79 Å². The van der Waals surface area contributed by atoms with Crippen LogP contribution in [0.3, 0.4) is 0 Å². The van der Waals surface area contributed by atoms with Gasteiger partial charge < -0.3 is 15.2 Å². The summed E-state index contributed by atoms with van der Waals surface area (Å²) in [6.07, 6.45) is 5.92. The van der Waals surface area contributed by atoms with Gasteiger partial charge in [-0.1, -0.05) is 38.7 Å². The van der Waals surface area contributed by atoms with E-state index in [0.29, 0.717) is 30.8 Å². The predicted molar refractivity (Wildman–Crippen MR) is 137 cm³/mol. The highest BCUT2D eigenvalue weighted by atomic mass is 32.1. The van der Waals surface area contributed by atoms with Gasteiger partial charge in [-0.05, 0) is 24.8 Å². The quantitative estimate of drug-likeness (QED) is 0.421. The number of nitrogens with one attached hydrogen (secondary N) is 2. The monoisotopic (exact) mass is 487 g/mol. The standard InChI is InChI=1S/C24H33N5O2S2/c1-3-4-5-6-8-17(2)25-24(31)29-12-10-28(11-13-29)15-20-26-22(30)21-18(16-33-23(21)27-20)19-9-7-14-32-19/h7,9,14,16-17H,3-6,8,10-13,15H2,1-2H3,(H,25,31)(H,26,27,30)/t17-/m1/s1. The summed E-state index contributed by atoms with van der Waals surface area (Å²) in [5.74, 6) is 0.686. The van der Waals surface area contributed by atoms with Crippen molar-refractivity contribution in [2.75, 3.05) is 26.2 Å². The topological polar surface area (TPSA) is 81.3 Å². The molecule has 1 aliphatic heterocycles. The van der Waals surface area contributed by atoms with Gasteiger partial charge >= 0.3 is 6.03 Å². The minimum Gasteiger partial charge on any atom is -0.336 e. The van der Waals surface area contributed by atoms with Gasteiger partial charge in [0.15, 0.2) is 0 Å². The molecule has 1 atom stereocenters. The van der Waals surface area contributed by atoms with Gasteiger partial charge in [-0.25, -0.2) is 9.78 Å². The summed E-state index contributed by atoms with van der Waals surface area (Å²) in [6, 6.07) is 4.26. The molecule has 1 fully saturated rings. The third-order valence-corrected chi connectivity index (χ3v) is 7.95. The molecule has 0 aromatic carbocycles. The lowest BCUT2D eigenvalue weighted by Crippen LogP contribution is -2.53. The number of urea groups is 1. The number of H-pyrrole nitrogens is 1. The second kappa shape index (κ2) is 11.3. The molecule has 33 heavy (non-hydrogen) atoms. The molecule has 7 nitrogen and oxygen atoms in total. The van der Waals surface area contributed by atoms with Crippen LogP contribution in [0.1, 0.15) is 51.8 Å². The van der Waals surface area contributed by atoms with E-state index in [9.17, 15) is 9.59 Å². The highest BCUT2D eigenvalue weighted by Crippen LogP contribution is 2.33. The highest BCUT2D eigenvalue weighted by molar-refractivity contribution is 7.18. The van der Waals surface area contributed by atoms with Crippen molar-refractivity contribution in [1.29, 1.82) is 0 Å². The van der Waals surface area contributed by atoms with E-state index in [2.05, 4.69) is 29.0 Å². The molecule has 0 radical (unpaired) electrons. The summed E-state index contributed by atoms with van der Waals surface area (Å²) >= 11 is 3.15. The van der Waals surface area contributed by atoms with Crippen molar-refractivity contribution in [3.63, 3.8) is 0 Å². The minimum atomic E-state index is -0.0782. The van der Waals surface area contributed by atoms with Crippen molar-refractivity contribution in [1.82, 2.24) is 25.1 Å². The fourth-order valence-corrected chi connectivity index (χ4v) is 6.04.